The zero-order valence-electron chi connectivity index (χ0n) is 12.5. The largest absolute Gasteiger partial charge is 0.357 e. The van der Waals surface area contributed by atoms with Crippen LogP contribution in [0, 0.1) is 5.92 Å². The number of hydrogen-bond acceptors (Lipinski definition) is 3. The number of nitrogens with zero attached hydrogens (tertiary/aromatic N) is 1. The Kier molecular flexibility index (Phi) is 3.28. The minimum Gasteiger partial charge on any atom is -0.357 e. The van der Waals surface area contributed by atoms with Crippen LogP contribution in [0.5, 0.6) is 0 Å². The molecule has 1 aromatic carbocycles. The number of piperidine rings is 1. The summed E-state index contributed by atoms with van der Waals surface area (Å²) in [6.07, 6.45) is 2.37. The van der Waals surface area contributed by atoms with Crippen LogP contribution in [-0.2, 0) is 12.2 Å². The topological polar surface area (TPSA) is 45.0 Å². The van der Waals surface area contributed by atoms with Crippen molar-refractivity contribution in [2.24, 2.45) is 11.7 Å². The Morgan fingerprint density at radius 2 is 2.29 bits per heavy atom. The SMILES string of the molecule is CN1CC(CN)C[C@@H]2c3cccc4[nH]c(CS)c(c34)C[C@H]21. The van der Waals surface area contributed by atoms with Gasteiger partial charge in [0.25, 0.3) is 0 Å². The molecule has 0 spiro atoms. The Morgan fingerprint density at radius 1 is 1.43 bits per heavy atom. The zero-order chi connectivity index (χ0) is 14.6. The average Bonchev–Trinajstić information content (AvgIpc) is 2.87. The van der Waals surface area contributed by atoms with Gasteiger partial charge in [0.2, 0.25) is 0 Å². The molecule has 4 heteroatoms. The second kappa shape index (κ2) is 5.04. The number of rotatable bonds is 2. The van der Waals surface area contributed by atoms with Crippen molar-refractivity contribution in [3.8, 4) is 0 Å². The molecule has 1 aliphatic heterocycles. The lowest BCUT2D eigenvalue weighted by Crippen LogP contribution is -2.49. The van der Waals surface area contributed by atoms with Gasteiger partial charge in [0.1, 0.15) is 0 Å². The predicted molar refractivity (Wildman–Crippen MR) is 91.0 cm³/mol. The van der Waals surface area contributed by atoms with E-state index < -0.39 is 0 Å². The molecule has 3 nitrogen and oxygen atoms in total. The normalized spacial score (nSPS) is 28.8. The average molecular weight is 301 g/mol. The quantitative estimate of drug-likeness (QED) is 0.746. The van der Waals surface area contributed by atoms with Gasteiger partial charge in [-0.15, -0.1) is 0 Å². The molecule has 1 fully saturated rings. The van der Waals surface area contributed by atoms with E-state index in [0.29, 0.717) is 17.9 Å². The highest BCUT2D eigenvalue weighted by Gasteiger charge is 2.39. The summed E-state index contributed by atoms with van der Waals surface area (Å²) < 4.78 is 0. The Bertz CT molecular complexity index is 678. The van der Waals surface area contributed by atoms with Gasteiger partial charge >= 0.3 is 0 Å². The molecule has 2 aliphatic rings. The van der Waals surface area contributed by atoms with E-state index in [4.69, 9.17) is 5.73 Å². The molecule has 2 aromatic rings. The number of aromatic nitrogens is 1. The van der Waals surface area contributed by atoms with Crippen LogP contribution < -0.4 is 5.73 Å². The molecule has 3 atom stereocenters. The molecule has 1 aliphatic carbocycles. The van der Waals surface area contributed by atoms with Crippen molar-refractivity contribution < 1.29 is 0 Å². The molecule has 3 N–H and O–H groups in total. The molecule has 1 saturated heterocycles. The molecule has 21 heavy (non-hydrogen) atoms. The highest BCUT2D eigenvalue weighted by molar-refractivity contribution is 7.79. The second-order valence-corrected chi connectivity index (χ2v) is 6.98. The summed E-state index contributed by atoms with van der Waals surface area (Å²) in [5.41, 5.74) is 11.6. The fourth-order valence-corrected chi connectivity index (χ4v) is 4.79. The summed E-state index contributed by atoms with van der Waals surface area (Å²) in [7, 11) is 2.26. The number of likely N-dealkylation sites (tertiary alicyclic amines) is 1. The number of likely N-dealkylation sites (N-methyl/N-ethyl adjacent to an activating group) is 1. The number of nitrogens with two attached hydrogens (primary N) is 1. The number of nitrogens with one attached hydrogen (secondary N) is 1. The molecule has 1 unspecified atom stereocenters. The van der Waals surface area contributed by atoms with Crippen LogP contribution in [0.2, 0.25) is 0 Å². The molecule has 0 bridgehead atoms. The van der Waals surface area contributed by atoms with Gasteiger partial charge in [0, 0.05) is 40.9 Å². The summed E-state index contributed by atoms with van der Waals surface area (Å²) in [4.78, 5) is 6.11. The van der Waals surface area contributed by atoms with Crippen LogP contribution in [0.15, 0.2) is 18.2 Å². The maximum absolute atomic E-state index is 5.96. The highest BCUT2D eigenvalue weighted by Crippen LogP contribution is 2.45. The van der Waals surface area contributed by atoms with Crippen LogP contribution in [0.1, 0.15) is 29.2 Å². The van der Waals surface area contributed by atoms with E-state index in [2.05, 4.69) is 47.8 Å². The van der Waals surface area contributed by atoms with E-state index >= 15 is 0 Å². The van der Waals surface area contributed by atoms with Gasteiger partial charge < -0.3 is 15.6 Å². The molecule has 2 heterocycles. The summed E-state index contributed by atoms with van der Waals surface area (Å²) in [6, 6.07) is 7.32. The minimum absolute atomic E-state index is 0.611. The van der Waals surface area contributed by atoms with Gasteiger partial charge in [-0.05, 0) is 49.5 Å². The standard InChI is InChI=1S/C17H23N3S/c1-20-8-10(7-18)5-12-11-3-2-4-14-17(11)13(6-16(12)20)15(9-21)19-14/h2-4,10,12,16,19,21H,5-9,18H2,1H3/t10?,12-,16-/m1/s1. The van der Waals surface area contributed by atoms with Crippen molar-refractivity contribution >= 4 is 23.5 Å². The van der Waals surface area contributed by atoms with Gasteiger partial charge in [0.05, 0.1) is 0 Å². The van der Waals surface area contributed by atoms with Crippen molar-refractivity contribution in [2.75, 3.05) is 20.1 Å². The number of benzene rings is 1. The number of thiol groups is 1. The van der Waals surface area contributed by atoms with E-state index in [1.165, 1.54) is 34.1 Å². The minimum atomic E-state index is 0.611. The smallest absolute Gasteiger partial charge is 0.0462 e. The summed E-state index contributed by atoms with van der Waals surface area (Å²) in [6.45, 7) is 1.93. The van der Waals surface area contributed by atoms with Crippen LogP contribution in [-0.4, -0.2) is 36.1 Å². The van der Waals surface area contributed by atoms with Gasteiger partial charge in [-0.2, -0.15) is 12.6 Å². The van der Waals surface area contributed by atoms with E-state index in [1.807, 2.05) is 0 Å². The molecule has 112 valence electrons. The van der Waals surface area contributed by atoms with Crippen molar-refractivity contribution in [2.45, 2.75) is 30.6 Å². The first kappa shape index (κ1) is 13.7. The Hall–Kier alpha value is -0.970. The fraction of sp³-hybridized carbons (Fsp3) is 0.529. The van der Waals surface area contributed by atoms with Crippen molar-refractivity contribution in [3.63, 3.8) is 0 Å². The van der Waals surface area contributed by atoms with Crippen molar-refractivity contribution in [1.82, 2.24) is 9.88 Å². The monoisotopic (exact) mass is 301 g/mol. The number of hydrogen-bond donors (Lipinski definition) is 3. The highest BCUT2D eigenvalue weighted by atomic mass is 32.1. The lowest BCUT2D eigenvalue weighted by molar-refractivity contribution is 0.115. The van der Waals surface area contributed by atoms with Gasteiger partial charge in [0.15, 0.2) is 0 Å². The fourth-order valence-electron chi connectivity index (χ4n) is 4.52. The number of aromatic amines is 1. The lowest BCUT2D eigenvalue weighted by atomic mass is 9.72. The molecule has 0 saturated carbocycles. The summed E-state index contributed by atoms with van der Waals surface area (Å²) in [5, 5.41) is 1.47. The Morgan fingerprint density at radius 3 is 3.05 bits per heavy atom. The van der Waals surface area contributed by atoms with Crippen molar-refractivity contribution in [3.05, 3.63) is 35.0 Å². The van der Waals surface area contributed by atoms with Gasteiger partial charge in [-0.1, -0.05) is 12.1 Å². The Balaban J connectivity index is 1.89. The van der Waals surface area contributed by atoms with E-state index in [-0.39, 0.29) is 0 Å². The van der Waals surface area contributed by atoms with Crippen LogP contribution in [0.4, 0.5) is 0 Å². The molecule has 4 rings (SSSR count). The van der Waals surface area contributed by atoms with Crippen molar-refractivity contribution in [1.29, 1.82) is 0 Å². The van der Waals surface area contributed by atoms with Gasteiger partial charge in [-0.25, -0.2) is 0 Å². The number of fused-ring (bicyclic) bond motifs is 2. The summed E-state index contributed by atoms with van der Waals surface area (Å²) in [5.74, 6) is 2.03. The number of H-pyrrole nitrogens is 1. The molecule has 0 radical (unpaired) electrons. The maximum Gasteiger partial charge on any atom is 0.0462 e. The first-order chi connectivity index (χ1) is 10.2. The zero-order valence-corrected chi connectivity index (χ0v) is 13.4. The van der Waals surface area contributed by atoms with Crippen LogP contribution >= 0.6 is 12.6 Å². The Labute approximate surface area is 131 Å². The van der Waals surface area contributed by atoms with E-state index in [9.17, 15) is 0 Å². The first-order valence-corrected chi connectivity index (χ1v) is 8.49. The third kappa shape index (κ3) is 1.96. The lowest BCUT2D eigenvalue weighted by Gasteiger charge is -2.45. The predicted octanol–water partition coefficient (Wildman–Crippen LogP) is 2.52. The maximum atomic E-state index is 5.96. The molecule has 1 aromatic heterocycles. The summed E-state index contributed by atoms with van der Waals surface area (Å²) >= 11 is 4.51. The van der Waals surface area contributed by atoms with Crippen LogP contribution in [0.3, 0.4) is 0 Å². The van der Waals surface area contributed by atoms with E-state index in [0.717, 1.165) is 25.3 Å². The molecular formula is C17H23N3S. The first-order valence-electron chi connectivity index (χ1n) is 7.86. The molecule has 0 amide bonds. The third-order valence-electron chi connectivity index (χ3n) is 5.52. The third-order valence-corrected chi connectivity index (χ3v) is 5.83. The van der Waals surface area contributed by atoms with E-state index in [1.54, 1.807) is 0 Å². The molecular weight excluding hydrogens is 278 g/mol. The second-order valence-electron chi connectivity index (χ2n) is 6.66. The van der Waals surface area contributed by atoms with Crippen LogP contribution in [0.25, 0.3) is 10.9 Å². The van der Waals surface area contributed by atoms with Gasteiger partial charge in [-0.3, -0.25) is 0 Å².